The molecule has 0 bridgehead atoms. The van der Waals surface area contributed by atoms with Gasteiger partial charge in [-0.15, -0.1) is 0 Å². The fourth-order valence-corrected chi connectivity index (χ4v) is 4.73. The Hall–Kier alpha value is -2.23. The largest absolute Gasteiger partial charge is 0.316 e. The molecule has 4 heteroatoms. The Morgan fingerprint density at radius 1 is 1.24 bits per heavy atom. The van der Waals surface area contributed by atoms with E-state index in [9.17, 15) is 5.26 Å². The number of nitrogens with one attached hydrogen (secondary N) is 1. The summed E-state index contributed by atoms with van der Waals surface area (Å²) < 4.78 is 1.12. The lowest BCUT2D eigenvalue weighted by molar-refractivity contribution is 0.552. The summed E-state index contributed by atoms with van der Waals surface area (Å²) in [5.41, 5.74) is 9.52. The molecule has 0 unspecified atom stereocenters. The SMILES string of the molecule is C=C(CCNCC(C)C)C/C(C(=C)C)=C(C(/C)=N\C)\C(I)=C/C(C)=C\c1cc(C#N)ccc1C. The molecule has 1 aromatic carbocycles. The number of halogens is 1. The first-order chi connectivity index (χ1) is 16.0. The molecule has 0 fully saturated rings. The van der Waals surface area contributed by atoms with Crippen LogP contribution in [0, 0.1) is 24.2 Å². The normalized spacial score (nSPS) is 13.6. The van der Waals surface area contributed by atoms with Gasteiger partial charge in [0.25, 0.3) is 0 Å². The third-order valence-corrected chi connectivity index (χ3v) is 6.38. The van der Waals surface area contributed by atoms with Crippen molar-refractivity contribution in [2.75, 3.05) is 20.1 Å². The number of nitrogens with zero attached hydrogens (tertiary/aromatic N) is 2. The van der Waals surface area contributed by atoms with Crippen LogP contribution >= 0.6 is 22.6 Å². The number of aliphatic imine (C=N–C) groups is 1. The number of rotatable bonds is 12. The predicted molar refractivity (Wildman–Crippen MR) is 159 cm³/mol. The number of nitriles is 1. The van der Waals surface area contributed by atoms with E-state index in [4.69, 9.17) is 0 Å². The van der Waals surface area contributed by atoms with Crippen molar-refractivity contribution in [3.63, 3.8) is 0 Å². The van der Waals surface area contributed by atoms with E-state index in [1.165, 1.54) is 11.1 Å². The molecule has 0 radical (unpaired) electrons. The lowest BCUT2D eigenvalue weighted by Crippen LogP contribution is -2.21. The van der Waals surface area contributed by atoms with Gasteiger partial charge in [0, 0.05) is 21.9 Å². The molecule has 0 aliphatic carbocycles. The van der Waals surface area contributed by atoms with Gasteiger partial charge in [-0.2, -0.15) is 5.26 Å². The van der Waals surface area contributed by atoms with Crippen LogP contribution in [0.4, 0.5) is 0 Å². The van der Waals surface area contributed by atoms with Crippen molar-refractivity contribution >= 4 is 34.4 Å². The minimum atomic E-state index is 0.642. The summed E-state index contributed by atoms with van der Waals surface area (Å²) in [4.78, 5) is 4.52. The summed E-state index contributed by atoms with van der Waals surface area (Å²) in [6, 6.07) is 8.01. The maximum absolute atomic E-state index is 9.25. The van der Waals surface area contributed by atoms with Crippen LogP contribution in [-0.4, -0.2) is 25.8 Å². The summed E-state index contributed by atoms with van der Waals surface area (Å²) >= 11 is 2.41. The second-order valence-corrected chi connectivity index (χ2v) is 10.4. The average molecular weight is 570 g/mol. The lowest BCUT2D eigenvalue weighted by atomic mass is 9.91. The van der Waals surface area contributed by atoms with E-state index in [-0.39, 0.29) is 0 Å². The van der Waals surface area contributed by atoms with Crippen molar-refractivity contribution < 1.29 is 0 Å². The van der Waals surface area contributed by atoms with Crippen LogP contribution < -0.4 is 5.32 Å². The Kier molecular flexibility index (Phi) is 13.1. The molecule has 0 saturated heterocycles. The molecule has 3 nitrogen and oxygen atoms in total. The highest BCUT2D eigenvalue weighted by atomic mass is 127. The highest BCUT2D eigenvalue weighted by molar-refractivity contribution is 14.1. The van der Waals surface area contributed by atoms with Crippen LogP contribution in [-0.2, 0) is 0 Å². The van der Waals surface area contributed by atoms with Crippen molar-refractivity contribution in [3.8, 4) is 6.07 Å². The number of aryl methyl sites for hydroxylation is 1. The summed E-state index contributed by atoms with van der Waals surface area (Å²) in [6.45, 7) is 23.3. The summed E-state index contributed by atoms with van der Waals surface area (Å²) in [5, 5.41) is 12.8. The van der Waals surface area contributed by atoms with Crippen LogP contribution in [0.3, 0.4) is 0 Å². The number of hydrogen-bond donors (Lipinski definition) is 1. The van der Waals surface area contributed by atoms with Gasteiger partial charge in [-0.1, -0.05) is 50.3 Å². The fraction of sp³-hybridized carbons (Fsp3) is 0.400. The first kappa shape index (κ1) is 29.8. The molecule has 34 heavy (non-hydrogen) atoms. The molecule has 0 spiro atoms. The lowest BCUT2D eigenvalue weighted by Gasteiger charge is -2.18. The first-order valence-electron chi connectivity index (χ1n) is 11.8. The van der Waals surface area contributed by atoms with Crippen LogP contribution in [0.2, 0.25) is 0 Å². The van der Waals surface area contributed by atoms with Gasteiger partial charge in [0.15, 0.2) is 0 Å². The zero-order chi connectivity index (χ0) is 25.8. The fourth-order valence-electron chi connectivity index (χ4n) is 3.52. The van der Waals surface area contributed by atoms with Gasteiger partial charge in [-0.05, 0) is 123 Å². The van der Waals surface area contributed by atoms with Crippen molar-refractivity contribution in [3.05, 3.63) is 85.6 Å². The molecular weight excluding hydrogens is 529 g/mol. The van der Waals surface area contributed by atoms with Crippen molar-refractivity contribution in [2.24, 2.45) is 10.9 Å². The van der Waals surface area contributed by atoms with Gasteiger partial charge in [-0.3, -0.25) is 4.99 Å². The predicted octanol–water partition coefficient (Wildman–Crippen LogP) is 8.13. The highest BCUT2D eigenvalue weighted by Gasteiger charge is 2.15. The van der Waals surface area contributed by atoms with Gasteiger partial charge in [-0.25, -0.2) is 0 Å². The van der Waals surface area contributed by atoms with E-state index in [1.54, 1.807) is 0 Å². The smallest absolute Gasteiger partial charge is 0.0991 e. The van der Waals surface area contributed by atoms with Gasteiger partial charge >= 0.3 is 0 Å². The van der Waals surface area contributed by atoms with Crippen molar-refractivity contribution in [1.82, 2.24) is 5.32 Å². The zero-order valence-electron chi connectivity index (χ0n) is 22.0. The molecule has 0 atom stereocenters. The van der Waals surface area contributed by atoms with Crippen LogP contribution in [0.1, 0.15) is 64.2 Å². The third kappa shape index (κ3) is 9.95. The summed E-state index contributed by atoms with van der Waals surface area (Å²) in [7, 11) is 1.83. The molecule has 182 valence electrons. The zero-order valence-corrected chi connectivity index (χ0v) is 24.1. The standard InChI is InChI=1S/C30H40IN3/c1-20(2)19-34-13-12-22(5)15-28(21(3)4)30(25(8)33-9)29(31)16-23(6)14-27-17-26(18-32)11-10-24(27)7/h10-11,14,16-17,20,34H,3,5,12-13,15,19H2,1-2,4,6-9H3/b23-14-,29-16+,30-28+,33-25-. The Bertz CT molecular complexity index is 1060. The third-order valence-electron chi connectivity index (χ3n) is 5.53. The van der Waals surface area contributed by atoms with E-state index in [2.05, 4.69) is 106 Å². The monoisotopic (exact) mass is 569 g/mol. The molecule has 0 saturated carbocycles. The van der Waals surface area contributed by atoms with E-state index in [1.807, 2.05) is 25.2 Å². The topological polar surface area (TPSA) is 48.2 Å². The van der Waals surface area contributed by atoms with E-state index >= 15 is 0 Å². The second-order valence-electron chi connectivity index (χ2n) is 9.28. The quantitative estimate of drug-likeness (QED) is 0.0909. The van der Waals surface area contributed by atoms with Gasteiger partial charge in [0.2, 0.25) is 0 Å². The van der Waals surface area contributed by atoms with Gasteiger partial charge in [0.1, 0.15) is 0 Å². The summed E-state index contributed by atoms with van der Waals surface area (Å²) in [5.74, 6) is 0.642. The van der Waals surface area contributed by atoms with Crippen LogP contribution in [0.15, 0.2) is 73.9 Å². The van der Waals surface area contributed by atoms with E-state index in [0.29, 0.717) is 11.5 Å². The Morgan fingerprint density at radius 2 is 1.91 bits per heavy atom. The van der Waals surface area contributed by atoms with Crippen molar-refractivity contribution in [2.45, 2.75) is 54.4 Å². The minimum Gasteiger partial charge on any atom is -0.316 e. The highest BCUT2D eigenvalue weighted by Crippen LogP contribution is 2.32. The Morgan fingerprint density at radius 3 is 2.47 bits per heavy atom. The summed E-state index contributed by atoms with van der Waals surface area (Å²) in [6.07, 6.45) is 6.03. The molecule has 0 aromatic heterocycles. The molecule has 1 rings (SSSR count). The Balaban J connectivity index is 3.32. The molecular formula is C30H40IN3. The molecule has 1 aromatic rings. The van der Waals surface area contributed by atoms with Crippen molar-refractivity contribution in [1.29, 1.82) is 5.26 Å². The van der Waals surface area contributed by atoms with E-state index in [0.717, 1.165) is 63.1 Å². The second kappa shape index (κ2) is 14.9. The average Bonchev–Trinajstić information content (AvgIpc) is 2.77. The van der Waals surface area contributed by atoms with E-state index < -0.39 is 0 Å². The van der Waals surface area contributed by atoms with Crippen LogP contribution in [0.25, 0.3) is 6.08 Å². The maximum atomic E-state index is 9.25. The first-order valence-corrected chi connectivity index (χ1v) is 12.8. The molecule has 1 N–H and O–H groups in total. The van der Waals surface area contributed by atoms with Crippen LogP contribution in [0.5, 0.6) is 0 Å². The molecule has 0 heterocycles. The van der Waals surface area contributed by atoms with Gasteiger partial charge in [0.05, 0.1) is 11.6 Å². The minimum absolute atomic E-state index is 0.642. The number of allylic oxidation sites excluding steroid dienone is 6. The molecule has 0 aliphatic heterocycles. The molecule has 0 aliphatic rings. The maximum Gasteiger partial charge on any atom is 0.0991 e. The number of benzene rings is 1. The van der Waals surface area contributed by atoms with Gasteiger partial charge < -0.3 is 5.32 Å². The Labute approximate surface area is 221 Å². The number of hydrogen-bond acceptors (Lipinski definition) is 3. The molecule has 0 amide bonds.